The van der Waals surface area contributed by atoms with E-state index in [1.807, 2.05) is 38.1 Å². The Labute approximate surface area is 125 Å². The fourth-order valence-corrected chi connectivity index (χ4v) is 4.53. The minimum atomic E-state index is -3.36. The molecule has 1 aliphatic rings. The topological polar surface area (TPSA) is 46.6 Å². The number of ether oxygens (including phenoxy) is 1. The lowest BCUT2D eigenvalue weighted by atomic mass is 10.1. The van der Waals surface area contributed by atoms with Crippen molar-refractivity contribution in [1.29, 1.82) is 0 Å². The van der Waals surface area contributed by atoms with Gasteiger partial charge in [0.15, 0.2) is 0 Å². The fraction of sp³-hybridized carbons (Fsp3) is 0.571. The zero-order chi connectivity index (χ0) is 14.8. The van der Waals surface area contributed by atoms with Crippen LogP contribution in [0.2, 0.25) is 0 Å². The van der Waals surface area contributed by atoms with Crippen molar-refractivity contribution >= 4 is 21.6 Å². The molecule has 1 fully saturated rings. The summed E-state index contributed by atoms with van der Waals surface area (Å²) in [7, 11) is -3.36. The first-order chi connectivity index (χ1) is 9.35. The SMILES string of the molecule is CC1(C)COCCN1S(=O)(=O)Cc1cccc(CCl)c1. The molecule has 1 aromatic carbocycles. The Kier molecular flexibility index (Phi) is 4.74. The van der Waals surface area contributed by atoms with Gasteiger partial charge in [-0.2, -0.15) is 4.31 Å². The maximum absolute atomic E-state index is 12.6. The minimum Gasteiger partial charge on any atom is -0.378 e. The molecule has 0 amide bonds. The minimum absolute atomic E-state index is 0.00115. The number of nitrogens with zero attached hydrogens (tertiary/aromatic N) is 1. The predicted molar refractivity (Wildman–Crippen MR) is 80.2 cm³/mol. The van der Waals surface area contributed by atoms with Gasteiger partial charge >= 0.3 is 0 Å². The van der Waals surface area contributed by atoms with Crippen molar-refractivity contribution in [1.82, 2.24) is 4.31 Å². The molecular weight excluding hydrogens is 298 g/mol. The summed E-state index contributed by atoms with van der Waals surface area (Å²) in [6, 6.07) is 7.40. The molecule has 0 aliphatic carbocycles. The standard InChI is InChI=1S/C14H20ClNO3S/c1-14(2)11-19-7-6-16(14)20(17,18)10-13-5-3-4-12(8-13)9-15/h3-5,8H,6-7,9-11H2,1-2H3. The average molecular weight is 318 g/mol. The molecule has 0 saturated carbocycles. The molecule has 1 aliphatic heterocycles. The lowest BCUT2D eigenvalue weighted by Crippen LogP contribution is -2.55. The molecule has 0 radical (unpaired) electrons. The molecule has 0 atom stereocenters. The highest BCUT2D eigenvalue weighted by Crippen LogP contribution is 2.25. The van der Waals surface area contributed by atoms with Gasteiger partial charge in [-0.15, -0.1) is 11.6 Å². The van der Waals surface area contributed by atoms with Crippen LogP contribution < -0.4 is 0 Å². The maximum atomic E-state index is 12.6. The zero-order valence-electron chi connectivity index (χ0n) is 11.8. The number of hydrogen-bond donors (Lipinski definition) is 0. The Morgan fingerprint density at radius 1 is 1.35 bits per heavy atom. The van der Waals surface area contributed by atoms with Crippen LogP contribution in [-0.2, 0) is 26.4 Å². The van der Waals surface area contributed by atoms with Crippen LogP contribution >= 0.6 is 11.6 Å². The highest BCUT2D eigenvalue weighted by atomic mass is 35.5. The summed E-state index contributed by atoms with van der Waals surface area (Å²) in [5, 5.41) is 0. The van der Waals surface area contributed by atoms with Crippen LogP contribution in [0.25, 0.3) is 0 Å². The summed E-state index contributed by atoms with van der Waals surface area (Å²) in [4.78, 5) is 0. The van der Waals surface area contributed by atoms with Crippen LogP contribution in [0.1, 0.15) is 25.0 Å². The van der Waals surface area contributed by atoms with Crippen LogP contribution in [0.4, 0.5) is 0 Å². The largest absolute Gasteiger partial charge is 0.378 e. The van der Waals surface area contributed by atoms with Gasteiger partial charge in [0, 0.05) is 12.4 Å². The van der Waals surface area contributed by atoms with Crippen molar-refractivity contribution in [3.63, 3.8) is 0 Å². The third-order valence-electron chi connectivity index (χ3n) is 3.40. The number of halogens is 1. The van der Waals surface area contributed by atoms with E-state index in [1.165, 1.54) is 0 Å². The molecule has 112 valence electrons. The van der Waals surface area contributed by atoms with Crippen molar-refractivity contribution in [2.24, 2.45) is 0 Å². The molecule has 0 spiro atoms. The van der Waals surface area contributed by atoms with Crippen molar-refractivity contribution in [3.05, 3.63) is 35.4 Å². The number of alkyl halides is 1. The van der Waals surface area contributed by atoms with Crippen LogP contribution in [0.3, 0.4) is 0 Å². The van der Waals surface area contributed by atoms with Crippen LogP contribution in [0.5, 0.6) is 0 Å². The molecule has 0 unspecified atom stereocenters. The van der Waals surface area contributed by atoms with Gasteiger partial charge in [0.25, 0.3) is 0 Å². The van der Waals surface area contributed by atoms with E-state index < -0.39 is 15.6 Å². The first-order valence-corrected chi connectivity index (χ1v) is 8.71. The summed E-state index contributed by atoms with van der Waals surface area (Å²) in [6.07, 6.45) is 0. The van der Waals surface area contributed by atoms with E-state index in [0.717, 1.165) is 11.1 Å². The number of sulfonamides is 1. The van der Waals surface area contributed by atoms with Crippen molar-refractivity contribution in [2.45, 2.75) is 31.0 Å². The first kappa shape index (κ1) is 15.8. The molecule has 1 aromatic rings. The van der Waals surface area contributed by atoms with E-state index in [0.29, 0.717) is 25.6 Å². The van der Waals surface area contributed by atoms with E-state index in [-0.39, 0.29) is 5.75 Å². The van der Waals surface area contributed by atoms with Crippen molar-refractivity contribution < 1.29 is 13.2 Å². The summed E-state index contributed by atoms with van der Waals surface area (Å²) >= 11 is 5.79. The highest BCUT2D eigenvalue weighted by molar-refractivity contribution is 7.88. The molecule has 20 heavy (non-hydrogen) atoms. The third-order valence-corrected chi connectivity index (χ3v) is 5.75. The Morgan fingerprint density at radius 3 is 2.70 bits per heavy atom. The summed E-state index contributed by atoms with van der Waals surface area (Å²) in [6.45, 7) is 5.06. The van der Waals surface area contributed by atoms with Gasteiger partial charge in [0.1, 0.15) is 0 Å². The van der Waals surface area contributed by atoms with Gasteiger partial charge < -0.3 is 4.74 Å². The lowest BCUT2D eigenvalue weighted by Gasteiger charge is -2.40. The van der Waals surface area contributed by atoms with Gasteiger partial charge in [-0.3, -0.25) is 0 Å². The Hall–Kier alpha value is -0.620. The highest BCUT2D eigenvalue weighted by Gasteiger charge is 2.38. The van der Waals surface area contributed by atoms with Gasteiger partial charge in [-0.25, -0.2) is 8.42 Å². The molecule has 0 bridgehead atoms. The number of morpholine rings is 1. The molecule has 1 heterocycles. The van der Waals surface area contributed by atoms with Crippen LogP contribution in [-0.4, -0.2) is 38.0 Å². The first-order valence-electron chi connectivity index (χ1n) is 6.57. The van der Waals surface area contributed by atoms with Gasteiger partial charge in [-0.05, 0) is 25.0 Å². The summed E-state index contributed by atoms with van der Waals surface area (Å²) in [5.41, 5.74) is 1.20. The smallest absolute Gasteiger partial charge is 0.218 e. The van der Waals surface area contributed by atoms with E-state index in [4.69, 9.17) is 16.3 Å². The molecule has 4 nitrogen and oxygen atoms in total. The van der Waals surface area contributed by atoms with E-state index >= 15 is 0 Å². The van der Waals surface area contributed by atoms with Crippen molar-refractivity contribution in [3.8, 4) is 0 Å². The molecule has 2 rings (SSSR count). The van der Waals surface area contributed by atoms with Crippen LogP contribution in [0, 0.1) is 0 Å². The second kappa shape index (κ2) is 6.02. The normalized spacial score (nSPS) is 19.9. The molecular formula is C14H20ClNO3S. The van der Waals surface area contributed by atoms with Gasteiger partial charge in [-0.1, -0.05) is 24.3 Å². The van der Waals surface area contributed by atoms with Crippen LogP contribution in [0.15, 0.2) is 24.3 Å². The second-order valence-corrected chi connectivity index (χ2v) is 7.81. The fourth-order valence-electron chi connectivity index (χ4n) is 2.45. The molecule has 0 N–H and O–H groups in total. The number of hydrogen-bond acceptors (Lipinski definition) is 3. The maximum Gasteiger partial charge on any atom is 0.218 e. The van der Waals surface area contributed by atoms with E-state index in [2.05, 4.69) is 0 Å². The zero-order valence-corrected chi connectivity index (χ0v) is 13.4. The summed E-state index contributed by atoms with van der Waals surface area (Å²) < 4.78 is 32.1. The Balaban J connectivity index is 2.22. The second-order valence-electron chi connectivity index (χ2n) is 5.65. The number of benzene rings is 1. The third kappa shape index (κ3) is 3.52. The average Bonchev–Trinajstić information content (AvgIpc) is 2.37. The molecule has 6 heteroatoms. The Morgan fingerprint density at radius 2 is 2.05 bits per heavy atom. The lowest BCUT2D eigenvalue weighted by molar-refractivity contribution is -0.00777. The monoisotopic (exact) mass is 317 g/mol. The summed E-state index contributed by atoms with van der Waals surface area (Å²) in [5.74, 6) is 0.387. The Bertz CT molecular complexity index is 572. The van der Waals surface area contributed by atoms with Crippen molar-refractivity contribution in [2.75, 3.05) is 19.8 Å². The molecule has 1 saturated heterocycles. The number of rotatable bonds is 4. The predicted octanol–water partition coefficient (Wildman–Crippen LogP) is 2.37. The quantitative estimate of drug-likeness (QED) is 0.801. The van der Waals surface area contributed by atoms with E-state index in [1.54, 1.807) is 4.31 Å². The van der Waals surface area contributed by atoms with E-state index in [9.17, 15) is 8.42 Å². The van der Waals surface area contributed by atoms with Gasteiger partial charge in [0.05, 0.1) is 24.5 Å². The molecule has 0 aromatic heterocycles. The van der Waals surface area contributed by atoms with Gasteiger partial charge in [0.2, 0.25) is 10.0 Å².